The van der Waals surface area contributed by atoms with Gasteiger partial charge in [-0.3, -0.25) is 4.79 Å². The van der Waals surface area contributed by atoms with Gasteiger partial charge < -0.3 is 11.1 Å². The average molecular weight is 234 g/mol. The molecule has 0 radical (unpaired) electrons. The molecule has 1 aliphatic carbocycles. The molecule has 1 aliphatic rings. The maximum atomic E-state index is 11.6. The molecule has 1 unspecified atom stereocenters. The number of rotatable bonds is 2. The lowest BCUT2D eigenvalue weighted by atomic mass is 9.86. The Bertz CT molecular complexity index is 503. The van der Waals surface area contributed by atoms with Crippen LogP contribution in [0.25, 0.3) is 0 Å². The van der Waals surface area contributed by atoms with E-state index in [1.54, 1.807) is 32.3 Å². The molecule has 0 fully saturated rings. The van der Waals surface area contributed by atoms with Gasteiger partial charge in [-0.25, -0.2) is 4.68 Å². The smallest absolute Gasteiger partial charge is 0.247 e. The second-order valence-corrected chi connectivity index (χ2v) is 3.97. The van der Waals surface area contributed by atoms with Gasteiger partial charge in [0.05, 0.1) is 0 Å². The van der Waals surface area contributed by atoms with Gasteiger partial charge in [0, 0.05) is 26.1 Å². The third kappa shape index (κ3) is 1.96. The number of allylic oxidation sites excluding steroid dienone is 2. The highest BCUT2D eigenvalue weighted by Crippen LogP contribution is 2.28. The number of nitrogens with two attached hydrogens (primary N) is 1. The molecule has 2 rings (SSSR count). The van der Waals surface area contributed by atoms with E-state index >= 15 is 0 Å². The summed E-state index contributed by atoms with van der Waals surface area (Å²) in [5.74, 6) is 0.391. The number of nitrogens with zero attached hydrogens (tertiary/aromatic N) is 4. The quantitative estimate of drug-likeness (QED) is 0.683. The van der Waals surface area contributed by atoms with Crippen LogP contribution < -0.4 is 11.1 Å². The van der Waals surface area contributed by atoms with E-state index in [4.69, 9.17) is 5.73 Å². The third-order valence-electron chi connectivity index (χ3n) is 2.73. The topological polar surface area (TPSA) is 98.7 Å². The minimum Gasteiger partial charge on any atom is -0.355 e. The van der Waals surface area contributed by atoms with Crippen molar-refractivity contribution in [3.63, 3.8) is 0 Å². The number of carbonyl (C=O) groups excluding carboxylic acids is 1. The molecule has 0 aliphatic heterocycles. The summed E-state index contributed by atoms with van der Waals surface area (Å²) in [6.07, 6.45) is 5.67. The molecule has 0 spiro atoms. The summed E-state index contributed by atoms with van der Waals surface area (Å²) in [5, 5.41) is 13.8. The number of aromatic nitrogens is 4. The lowest BCUT2D eigenvalue weighted by Gasteiger charge is -2.27. The average Bonchev–Trinajstić information content (AvgIpc) is 2.75. The van der Waals surface area contributed by atoms with Gasteiger partial charge in [0.15, 0.2) is 5.82 Å². The van der Waals surface area contributed by atoms with Crippen LogP contribution in [-0.2, 0) is 17.4 Å². The molecule has 1 aromatic heterocycles. The second-order valence-electron chi connectivity index (χ2n) is 3.97. The second kappa shape index (κ2) is 4.10. The molecule has 0 saturated carbocycles. The third-order valence-corrected chi connectivity index (χ3v) is 2.73. The number of aryl methyl sites for hydroxylation is 1. The zero-order valence-electron chi connectivity index (χ0n) is 9.71. The van der Waals surface area contributed by atoms with Gasteiger partial charge in [0.1, 0.15) is 5.54 Å². The van der Waals surface area contributed by atoms with Gasteiger partial charge in [-0.2, -0.15) is 0 Å². The predicted octanol–water partition coefficient (Wildman–Crippen LogP) is -1.00. The summed E-state index contributed by atoms with van der Waals surface area (Å²) >= 11 is 0. The molecule has 17 heavy (non-hydrogen) atoms. The Balaban J connectivity index is 2.32. The number of tetrazole rings is 1. The standard InChI is InChI=1S/C10H14N6O/c1-12-8(17)7-4-3-5-10(11,6-7)9-13-14-15-16(9)2/h3-5H,6,11H2,1-2H3,(H,12,17). The molecule has 1 heterocycles. The van der Waals surface area contributed by atoms with E-state index in [0.29, 0.717) is 17.8 Å². The van der Waals surface area contributed by atoms with Crippen molar-refractivity contribution in [1.82, 2.24) is 25.5 Å². The zero-order valence-corrected chi connectivity index (χ0v) is 9.71. The molecular weight excluding hydrogens is 220 g/mol. The largest absolute Gasteiger partial charge is 0.355 e. The van der Waals surface area contributed by atoms with Crippen LogP contribution in [0.5, 0.6) is 0 Å². The minimum atomic E-state index is -0.838. The van der Waals surface area contributed by atoms with E-state index in [1.165, 1.54) is 4.68 Å². The molecule has 7 heteroatoms. The van der Waals surface area contributed by atoms with Crippen LogP contribution in [0.3, 0.4) is 0 Å². The summed E-state index contributed by atoms with van der Waals surface area (Å²) in [6.45, 7) is 0. The highest BCUT2D eigenvalue weighted by atomic mass is 16.1. The zero-order chi connectivity index (χ0) is 12.5. The summed E-state index contributed by atoms with van der Waals surface area (Å²) in [6, 6.07) is 0. The Hall–Kier alpha value is -2.02. The van der Waals surface area contributed by atoms with E-state index in [9.17, 15) is 4.79 Å². The fourth-order valence-corrected chi connectivity index (χ4v) is 1.86. The highest BCUT2D eigenvalue weighted by Gasteiger charge is 2.34. The Labute approximate surface area is 98.4 Å². The van der Waals surface area contributed by atoms with Crippen LogP contribution in [0.2, 0.25) is 0 Å². The lowest BCUT2D eigenvalue weighted by Crippen LogP contribution is -2.40. The molecule has 90 valence electrons. The molecule has 1 atom stereocenters. The van der Waals surface area contributed by atoms with Crippen molar-refractivity contribution in [1.29, 1.82) is 0 Å². The van der Waals surface area contributed by atoms with Crippen molar-refractivity contribution in [2.45, 2.75) is 12.0 Å². The Morgan fingerprint density at radius 3 is 3.00 bits per heavy atom. The number of hydrogen-bond acceptors (Lipinski definition) is 5. The first-order valence-corrected chi connectivity index (χ1v) is 5.19. The van der Waals surface area contributed by atoms with Crippen molar-refractivity contribution in [2.24, 2.45) is 12.8 Å². The normalized spacial score (nSPS) is 23.4. The van der Waals surface area contributed by atoms with Crippen LogP contribution in [0.1, 0.15) is 12.2 Å². The molecule has 0 bridgehead atoms. The van der Waals surface area contributed by atoms with Crippen molar-refractivity contribution in [2.75, 3.05) is 7.05 Å². The first-order chi connectivity index (χ1) is 8.07. The van der Waals surface area contributed by atoms with Crippen LogP contribution in [0, 0.1) is 0 Å². The van der Waals surface area contributed by atoms with Crippen molar-refractivity contribution >= 4 is 5.91 Å². The number of hydrogen-bond donors (Lipinski definition) is 2. The van der Waals surface area contributed by atoms with E-state index in [1.807, 2.05) is 0 Å². The Morgan fingerprint density at radius 1 is 1.65 bits per heavy atom. The first kappa shape index (κ1) is 11.5. The number of carbonyl (C=O) groups is 1. The Morgan fingerprint density at radius 2 is 2.41 bits per heavy atom. The fraction of sp³-hybridized carbons (Fsp3) is 0.400. The summed E-state index contributed by atoms with van der Waals surface area (Å²) in [4.78, 5) is 11.6. The van der Waals surface area contributed by atoms with Crippen molar-refractivity contribution in [3.8, 4) is 0 Å². The van der Waals surface area contributed by atoms with Gasteiger partial charge in [0.25, 0.3) is 0 Å². The van der Waals surface area contributed by atoms with Gasteiger partial charge in [-0.05, 0) is 10.4 Å². The molecule has 7 nitrogen and oxygen atoms in total. The van der Waals surface area contributed by atoms with E-state index in [-0.39, 0.29) is 5.91 Å². The van der Waals surface area contributed by atoms with Gasteiger partial charge in [0.2, 0.25) is 5.91 Å². The summed E-state index contributed by atoms with van der Waals surface area (Å²) in [7, 11) is 3.30. The van der Waals surface area contributed by atoms with Crippen LogP contribution >= 0.6 is 0 Å². The van der Waals surface area contributed by atoms with Crippen molar-refractivity contribution < 1.29 is 4.79 Å². The van der Waals surface area contributed by atoms with E-state index < -0.39 is 5.54 Å². The molecule has 3 N–H and O–H groups in total. The first-order valence-electron chi connectivity index (χ1n) is 5.19. The van der Waals surface area contributed by atoms with Crippen LogP contribution in [0.15, 0.2) is 23.8 Å². The molecule has 1 amide bonds. The molecular formula is C10H14N6O. The Kier molecular flexibility index (Phi) is 2.76. The monoisotopic (exact) mass is 234 g/mol. The van der Waals surface area contributed by atoms with Gasteiger partial charge in [-0.1, -0.05) is 18.2 Å². The fourth-order valence-electron chi connectivity index (χ4n) is 1.86. The molecule has 0 aromatic carbocycles. The SMILES string of the molecule is CNC(=O)C1=CC=CC(N)(c2nnnn2C)C1. The molecule has 1 aromatic rings. The van der Waals surface area contributed by atoms with Crippen molar-refractivity contribution in [3.05, 3.63) is 29.6 Å². The molecule has 0 saturated heterocycles. The maximum absolute atomic E-state index is 11.6. The lowest BCUT2D eigenvalue weighted by molar-refractivity contribution is -0.117. The van der Waals surface area contributed by atoms with Crippen LogP contribution in [-0.4, -0.2) is 33.2 Å². The number of nitrogens with one attached hydrogen (secondary N) is 1. The van der Waals surface area contributed by atoms with E-state index in [2.05, 4.69) is 20.8 Å². The van der Waals surface area contributed by atoms with Gasteiger partial charge >= 0.3 is 0 Å². The summed E-state index contributed by atoms with van der Waals surface area (Å²) < 4.78 is 1.51. The van der Waals surface area contributed by atoms with Gasteiger partial charge in [-0.15, -0.1) is 5.10 Å². The minimum absolute atomic E-state index is 0.140. The number of amides is 1. The van der Waals surface area contributed by atoms with Crippen LogP contribution in [0.4, 0.5) is 0 Å². The highest BCUT2D eigenvalue weighted by molar-refractivity contribution is 5.94. The number of likely N-dealkylation sites (N-methyl/N-ethyl adjacent to an activating group) is 1. The predicted molar refractivity (Wildman–Crippen MR) is 60.6 cm³/mol. The summed E-state index contributed by atoms with van der Waals surface area (Å²) in [5.41, 5.74) is 6.01. The maximum Gasteiger partial charge on any atom is 0.247 e. The van der Waals surface area contributed by atoms with E-state index in [0.717, 1.165) is 0 Å².